The van der Waals surface area contributed by atoms with E-state index in [0.717, 1.165) is 19.4 Å². The summed E-state index contributed by atoms with van der Waals surface area (Å²) >= 11 is 0. The van der Waals surface area contributed by atoms with Crippen LogP contribution in [-0.2, 0) is 4.79 Å². The highest BCUT2D eigenvalue weighted by Crippen LogP contribution is 2.13. The van der Waals surface area contributed by atoms with Gasteiger partial charge in [0.25, 0.3) is 0 Å². The van der Waals surface area contributed by atoms with E-state index in [-0.39, 0.29) is 11.9 Å². The molecule has 108 valence electrons. The molecule has 2 atom stereocenters. The third-order valence-electron chi connectivity index (χ3n) is 3.46. The zero-order valence-corrected chi connectivity index (χ0v) is 12.5. The van der Waals surface area contributed by atoms with Crippen LogP contribution in [0.15, 0.2) is 0 Å². The topological polar surface area (TPSA) is 58.4 Å². The second-order valence-electron chi connectivity index (χ2n) is 4.90. The number of unbranched alkanes of at least 4 members (excludes halogenated alkanes) is 1. The lowest BCUT2D eigenvalue weighted by atomic mass is 10.1. The highest BCUT2D eigenvalue weighted by molar-refractivity contribution is 5.76. The molecule has 0 aliphatic rings. The van der Waals surface area contributed by atoms with Crippen LogP contribution in [0, 0.1) is 0 Å². The van der Waals surface area contributed by atoms with Crippen LogP contribution in [-0.4, -0.2) is 42.5 Å². The fraction of sp³-hybridized carbons (Fsp3) is 0.929. The van der Waals surface area contributed by atoms with Crippen molar-refractivity contribution >= 4 is 5.91 Å². The van der Waals surface area contributed by atoms with Gasteiger partial charge in [0.15, 0.2) is 0 Å². The molecule has 0 spiro atoms. The van der Waals surface area contributed by atoms with Crippen LogP contribution in [0.5, 0.6) is 0 Å². The Morgan fingerprint density at radius 3 is 2.44 bits per heavy atom. The summed E-state index contributed by atoms with van der Waals surface area (Å²) in [7, 11) is 0. The van der Waals surface area contributed by atoms with Gasteiger partial charge in [0.1, 0.15) is 0 Å². The third-order valence-corrected chi connectivity index (χ3v) is 3.46. The average Bonchev–Trinajstić information content (AvgIpc) is 2.37. The van der Waals surface area contributed by atoms with Crippen molar-refractivity contribution in [2.75, 3.05) is 19.6 Å². The fourth-order valence-electron chi connectivity index (χ4n) is 2.16. The number of rotatable bonds is 10. The van der Waals surface area contributed by atoms with Crippen LogP contribution in [0.25, 0.3) is 0 Å². The molecule has 1 amide bonds. The van der Waals surface area contributed by atoms with Gasteiger partial charge in [-0.2, -0.15) is 0 Å². The van der Waals surface area contributed by atoms with Crippen molar-refractivity contribution in [3.63, 3.8) is 0 Å². The number of carbonyl (C=O) groups is 1. The molecule has 0 aliphatic carbocycles. The number of nitrogens with one attached hydrogen (secondary N) is 1. The van der Waals surface area contributed by atoms with Gasteiger partial charge in [0, 0.05) is 31.6 Å². The molecule has 0 radical (unpaired) electrons. The summed E-state index contributed by atoms with van der Waals surface area (Å²) < 4.78 is 0. The monoisotopic (exact) mass is 257 g/mol. The predicted octanol–water partition coefficient (Wildman–Crippen LogP) is 1.74. The lowest BCUT2D eigenvalue weighted by Gasteiger charge is -2.35. The van der Waals surface area contributed by atoms with Gasteiger partial charge in [-0.05, 0) is 33.2 Å². The number of hydrogen-bond donors (Lipinski definition) is 2. The molecule has 0 aromatic heterocycles. The van der Waals surface area contributed by atoms with Crippen LogP contribution in [0.3, 0.4) is 0 Å². The Balaban J connectivity index is 4.53. The van der Waals surface area contributed by atoms with Gasteiger partial charge in [-0.25, -0.2) is 0 Å². The summed E-state index contributed by atoms with van der Waals surface area (Å²) in [6.07, 6.45) is 3.94. The SMILES string of the molecule is CCCCN(C(C)CC)C(CN)CC(=O)NCC. The summed E-state index contributed by atoms with van der Waals surface area (Å²) in [6, 6.07) is 0.651. The van der Waals surface area contributed by atoms with Crippen LogP contribution in [0.4, 0.5) is 0 Å². The first kappa shape index (κ1) is 17.4. The molecule has 0 saturated carbocycles. The van der Waals surface area contributed by atoms with Crippen LogP contribution in [0.2, 0.25) is 0 Å². The van der Waals surface area contributed by atoms with Gasteiger partial charge < -0.3 is 11.1 Å². The van der Waals surface area contributed by atoms with Crippen LogP contribution < -0.4 is 11.1 Å². The van der Waals surface area contributed by atoms with Crippen molar-refractivity contribution in [2.24, 2.45) is 5.73 Å². The van der Waals surface area contributed by atoms with Crippen molar-refractivity contribution in [1.82, 2.24) is 10.2 Å². The summed E-state index contributed by atoms with van der Waals surface area (Å²) in [4.78, 5) is 14.1. The summed E-state index contributed by atoms with van der Waals surface area (Å²) in [6.45, 7) is 10.8. The normalized spacial score (nSPS) is 14.6. The molecule has 0 aromatic rings. The maximum atomic E-state index is 11.7. The molecule has 4 heteroatoms. The van der Waals surface area contributed by atoms with E-state index in [2.05, 4.69) is 31.0 Å². The Morgan fingerprint density at radius 2 is 2.00 bits per heavy atom. The van der Waals surface area contributed by atoms with E-state index < -0.39 is 0 Å². The smallest absolute Gasteiger partial charge is 0.221 e. The van der Waals surface area contributed by atoms with E-state index in [9.17, 15) is 4.79 Å². The Kier molecular flexibility index (Phi) is 9.98. The minimum atomic E-state index is 0.109. The van der Waals surface area contributed by atoms with Gasteiger partial charge in [-0.15, -0.1) is 0 Å². The summed E-state index contributed by atoms with van der Waals surface area (Å²) in [5.74, 6) is 0.109. The number of hydrogen-bond acceptors (Lipinski definition) is 3. The maximum absolute atomic E-state index is 11.7. The molecular weight excluding hydrogens is 226 g/mol. The second kappa shape index (κ2) is 10.3. The van der Waals surface area contributed by atoms with E-state index in [4.69, 9.17) is 5.73 Å². The first-order chi connectivity index (χ1) is 8.60. The summed E-state index contributed by atoms with van der Waals surface area (Å²) in [5, 5.41) is 2.86. The van der Waals surface area contributed by atoms with E-state index in [1.54, 1.807) is 0 Å². The van der Waals surface area contributed by atoms with Crippen LogP contribution in [0.1, 0.15) is 53.4 Å². The lowest BCUT2D eigenvalue weighted by Crippen LogP contribution is -2.48. The quantitative estimate of drug-likeness (QED) is 0.627. The Bertz CT molecular complexity index is 221. The van der Waals surface area contributed by atoms with E-state index in [0.29, 0.717) is 25.6 Å². The summed E-state index contributed by atoms with van der Waals surface area (Å²) in [5.41, 5.74) is 5.86. The number of nitrogens with zero attached hydrogens (tertiary/aromatic N) is 1. The largest absolute Gasteiger partial charge is 0.356 e. The van der Waals surface area contributed by atoms with Gasteiger partial charge in [0.05, 0.1) is 0 Å². The first-order valence-electron chi connectivity index (χ1n) is 7.33. The highest BCUT2D eigenvalue weighted by Gasteiger charge is 2.23. The molecule has 3 N–H and O–H groups in total. The first-order valence-corrected chi connectivity index (χ1v) is 7.33. The standard InChI is InChI=1S/C14H31N3O/c1-5-8-9-17(12(4)6-2)13(11-15)10-14(18)16-7-3/h12-13H,5-11,15H2,1-4H3,(H,16,18). The molecule has 0 fully saturated rings. The number of carbonyl (C=O) groups excluding carboxylic acids is 1. The van der Waals surface area contributed by atoms with Crippen molar-refractivity contribution in [2.45, 2.75) is 65.5 Å². The molecule has 0 aromatic carbocycles. The highest BCUT2D eigenvalue weighted by atomic mass is 16.1. The maximum Gasteiger partial charge on any atom is 0.221 e. The molecule has 0 heterocycles. The molecule has 18 heavy (non-hydrogen) atoms. The van der Waals surface area contributed by atoms with Crippen LogP contribution >= 0.6 is 0 Å². The van der Waals surface area contributed by atoms with Crippen molar-refractivity contribution in [3.8, 4) is 0 Å². The van der Waals surface area contributed by atoms with Gasteiger partial charge >= 0.3 is 0 Å². The Labute approximate surface area is 112 Å². The molecule has 0 rings (SSSR count). The molecule has 0 aliphatic heterocycles. The Morgan fingerprint density at radius 1 is 1.33 bits per heavy atom. The predicted molar refractivity (Wildman–Crippen MR) is 77.5 cm³/mol. The zero-order valence-electron chi connectivity index (χ0n) is 12.5. The molecular formula is C14H31N3O. The minimum absolute atomic E-state index is 0.109. The average molecular weight is 257 g/mol. The number of amides is 1. The molecule has 4 nitrogen and oxygen atoms in total. The molecule has 0 saturated heterocycles. The van der Waals surface area contributed by atoms with Gasteiger partial charge in [0.2, 0.25) is 5.91 Å². The van der Waals surface area contributed by atoms with Crippen molar-refractivity contribution in [1.29, 1.82) is 0 Å². The third kappa shape index (κ3) is 6.36. The van der Waals surface area contributed by atoms with E-state index in [1.165, 1.54) is 6.42 Å². The van der Waals surface area contributed by atoms with Gasteiger partial charge in [-0.1, -0.05) is 20.3 Å². The second-order valence-corrected chi connectivity index (χ2v) is 4.90. The van der Waals surface area contributed by atoms with E-state index >= 15 is 0 Å². The van der Waals surface area contributed by atoms with Gasteiger partial charge in [-0.3, -0.25) is 9.69 Å². The lowest BCUT2D eigenvalue weighted by molar-refractivity contribution is -0.122. The van der Waals surface area contributed by atoms with Crippen molar-refractivity contribution in [3.05, 3.63) is 0 Å². The minimum Gasteiger partial charge on any atom is -0.356 e. The Hall–Kier alpha value is -0.610. The number of nitrogens with two attached hydrogens (primary N) is 1. The zero-order chi connectivity index (χ0) is 14.0. The molecule has 2 unspecified atom stereocenters. The molecule has 0 bridgehead atoms. The fourth-order valence-corrected chi connectivity index (χ4v) is 2.16. The van der Waals surface area contributed by atoms with Crippen molar-refractivity contribution < 1.29 is 4.79 Å². The van der Waals surface area contributed by atoms with E-state index in [1.807, 2.05) is 6.92 Å².